The van der Waals surface area contributed by atoms with Gasteiger partial charge in [0.25, 0.3) is 5.69 Å². The Bertz CT molecular complexity index is 396. The second-order valence-electron chi connectivity index (χ2n) is 4.16. The molecule has 0 saturated heterocycles. The molecule has 0 amide bonds. The average molecular weight is 272 g/mol. The first-order valence-electron chi connectivity index (χ1n) is 6.15. The standard InChI is InChI=1S/C13H18ClNO3/c1-2-3-4-5-8-18-10-11-6-7-12(14)13(9-11)15(16)17/h6-7,9H,2-5,8,10H2,1H3. The van der Waals surface area contributed by atoms with Gasteiger partial charge in [0.15, 0.2) is 0 Å². The summed E-state index contributed by atoms with van der Waals surface area (Å²) in [5, 5.41) is 10.9. The van der Waals surface area contributed by atoms with Crippen molar-refractivity contribution in [2.75, 3.05) is 6.61 Å². The van der Waals surface area contributed by atoms with Crippen LogP contribution in [0.4, 0.5) is 5.69 Å². The predicted octanol–water partition coefficient (Wildman–Crippen LogP) is 4.35. The third-order valence-corrected chi connectivity index (χ3v) is 2.94. The molecule has 0 unspecified atom stereocenters. The van der Waals surface area contributed by atoms with E-state index in [2.05, 4.69) is 6.92 Å². The highest BCUT2D eigenvalue weighted by atomic mass is 35.5. The van der Waals surface area contributed by atoms with Crippen LogP contribution in [0.5, 0.6) is 0 Å². The lowest BCUT2D eigenvalue weighted by Crippen LogP contribution is -1.97. The van der Waals surface area contributed by atoms with Crippen molar-refractivity contribution < 1.29 is 9.66 Å². The molecule has 1 aromatic carbocycles. The highest BCUT2D eigenvalue weighted by Gasteiger charge is 2.12. The summed E-state index contributed by atoms with van der Waals surface area (Å²) in [6.45, 7) is 3.24. The fourth-order valence-electron chi connectivity index (χ4n) is 1.61. The lowest BCUT2D eigenvalue weighted by Gasteiger charge is -2.04. The van der Waals surface area contributed by atoms with Crippen LogP contribution >= 0.6 is 11.6 Å². The molecule has 100 valence electrons. The first kappa shape index (κ1) is 14.9. The van der Waals surface area contributed by atoms with Gasteiger partial charge in [-0.25, -0.2) is 0 Å². The highest BCUT2D eigenvalue weighted by Crippen LogP contribution is 2.25. The van der Waals surface area contributed by atoms with Crippen molar-refractivity contribution in [2.24, 2.45) is 0 Å². The molecular formula is C13H18ClNO3. The summed E-state index contributed by atoms with van der Waals surface area (Å²) < 4.78 is 5.48. The van der Waals surface area contributed by atoms with Crippen LogP contribution in [-0.4, -0.2) is 11.5 Å². The van der Waals surface area contributed by atoms with Gasteiger partial charge < -0.3 is 4.74 Å². The predicted molar refractivity (Wildman–Crippen MR) is 71.9 cm³/mol. The maximum atomic E-state index is 10.7. The van der Waals surface area contributed by atoms with E-state index in [4.69, 9.17) is 16.3 Å². The number of hydrogen-bond acceptors (Lipinski definition) is 3. The summed E-state index contributed by atoms with van der Waals surface area (Å²) in [4.78, 5) is 10.2. The molecule has 5 heteroatoms. The molecule has 0 fully saturated rings. The molecule has 0 aliphatic heterocycles. The van der Waals surface area contributed by atoms with Crippen molar-refractivity contribution >= 4 is 17.3 Å². The molecule has 0 aromatic heterocycles. The minimum atomic E-state index is -0.479. The van der Waals surface area contributed by atoms with Crippen molar-refractivity contribution in [3.8, 4) is 0 Å². The van der Waals surface area contributed by atoms with Crippen molar-refractivity contribution in [1.82, 2.24) is 0 Å². The van der Waals surface area contributed by atoms with E-state index in [1.807, 2.05) is 0 Å². The Hall–Kier alpha value is -1.13. The summed E-state index contributed by atoms with van der Waals surface area (Å²) in [7, 11) is 0. The van der Waals surface area contributed by atoms with Crippen LogP contribution in [0.15, 0.2) is 18.2 Å². The number of hydrogen-bond donors (Lipinski definition) is 0. The van der Waals surface area contributed by atoms with Crippen LogP contribution in [0.25, 0.3) is 0 Å². The van der Waals surface area contributed by atoms with Gasteiger partial charge in [0.05, 0.1) is 11.5 Å². The van der Waals surface area contributed by atoms with Crippen LogP contribution in [0.3, 0.4) is 0 Å². The van der Waals surface area contributed by atoms with Crippen LogP contribution in [0, 0.1) is 10.1 Å². The minimum Gasteiger partial charge on any atom is -0.377 e. The Morgan fingerprint density at radius 2 is 2.11 bits per heavy atom. The second kappa shape index (κ2) is 8.06. The third kappa shape index (κ3) is 5.02. The smallest absolute Gasteiger partial charge is 0.288 e. The Kier molecular flexibility index (Phi) is 6.68. The molecule has 1 aromatic rings. The Balaban J connectivity index is 2.38. The van der Waals surface area contributed by atoms with E-state index in [1.54, 1.807) is 6.07 Å². The monoisotopic (exact) mass is 271 g/mol. The molecule has 0 aliphatic carbocycles. The van der Waals surface area contributed by atoms with E-state index in [-0.39, 0.29) is 10.7 Å². The van der Waals surface area contributed by atoms with E-state index in [9.17, 15) is 10.1 Å². The molecular weight excluding hydrogens is 254 g/mol. The highest BCUT2D eigenvalue weighted by molar-refractivity contribution is 6.32. The van der Waals surface area contributed by atoms with Gasteiger partial charge in [-0.15, -0.1) is 0 Å². The Labute approximate surface area is 112 Å². The van der Waals surface area contributed by atoms with Gasteiger partial charge in [-0.1, -0.05) is 43.9 Å². The largest absolute Gasteiger partial charge is 0.377 e. The zero-order chi connectivity index (χ0) is 13.4. The topological polar surface area (TPSA) is 52.4 Å². The number of nitrogens with zero attached hydrogens (tertiary/aromatic N) is 1. The van der Waals surface area contributed by atoms with Gasteiger partial charge >= 0.3 is 0 Å². The van der Waals surface area contributed by atoms with Crippen LogP contribution < -0.4 is 0 Å². The van der Waals surface area contributed by atoms with Crippen molar-refractivity contribution in [2.45, 2.75) is 39.2 Å². The lowest BCUT2D eigenvalue weighted by molar-refractivity contribution is -0.384. The number of nitro benzene ring substituents is 1. The maximum Gasteiger partial charge on any atom is 0.288 e. The van der Waals surface area contributed by atoms with Crippen LogP contribution in [0.2, 0.25) is 5.02 Å². The molecule has 18 heavy (non-hydrogen) atoms. The van der Waals surface area contributed by atoms with Gasteiger partial charge in [-0.2, -0.15) is 0 Å². The van der Waals surface area contributed by atoms with E-state index in [0.717, 1.165) is 18.4 Å². The third-order valence-electron chi connectivity index (χ3n) is 2.62. The van der Waals surface area contributed by atoms with Crippen LogP contribution in [-0.2, 0) is 11.3 Å². The van der Waals surface area contributed by atoms with E-state index < -0.39 is 4.92 Å². The van der Waals surface area contributed by atoms with Gasteiger partial charge in [0.1, 0.15) is 5.02 Å². The molecule has 0 heterocycles. The number of unbranched alkanes of at least 4 members (excludes halogenated alkanes) is 3. The average Bonchev–Trinajstić information content (AvgIpc) is 2.35. The SMILES string of the molecule is CCCCCCOCc1ccc(Cl)c([N+](=O)[O-])c1. The number of nitro groups is 1. The minimum absolute atomic E-state index is 0.0660. The van der Waals surface area contributed by atoms with Gasteiger partial charge in [-0.05, 0) is 18.1 Å². The summed E-state index contributed by atoms with van der Waals surface area (Å²) in [6, 6.07) is 4.76. The molecule has 4 nitrogen and oxygen atoms in total. The van der Waals surface area contributed by atoms with Crippen molar-refractivity contribution in [3.63, 3.8) is 0 Å². The Morgan fingerprint density at radius 3 is 2.78 bits per heavy atom. The number of rotatable bonds is 8. The number of halogens is 1. The first-order valence-corrected chi connectivity index (χ1v) is 6.53. The zero-order valence-corrected chi connectivity index (χ0v) is 11.3. The molecule has 0 bridgehead atoms. The molecule has 0 N–H and O–H groups in total. The Morgan fingerprint density at radius 1 is 1.33 bits per heavy atom. The summed E-state index contributed by atoms with van der Waals surface area (Å²) in [5.41, 5.74) is 0.713. The van der Waals surface area contributed by atoms with E-state index in [1.165, 1.54) is 25.0 Å². The van der Waals surface area contributed by atoms with Gasteiger partial charge in [0.2, 0.25) is 0 Å². The van der Waals surface area contributed by atoms with Crippen molar-refractivity contribution in [1.29, 1.82) is 0 Å². The molecule has 0 spiro atoms. The molecule has 0 radical (unpaired) electrons. The van der Waals surface area contributed by atoms with E-state index >= 15 is 0 Å². The quantitative estimate of drug-likeness (QED) is 0.401. The molecule has 0 saturated carbocycles. The normalized spacial score (nSPS) is 10.6. The lowest BCUT2D eigenvalue weighted by atomic mass is 10.2. The summed E-state index contributed by atoms with van der Waals surface area (Å²) in [6.07, 6.45) is 4.61. The fraction of sp³-hybridized carbons (Fsp3) is 0.538. The van der Waals surface area contributed by atoms with Crippen molar-refractivity contribution in [3.05, 3.63) is 38.9 Å². The fourth-order valence-corrected chi connectivity index (χ4v) is 1.80. The number of ether oxygens (including phenoxy) is 1. The molecule has 1 rings (SSSR count). The number of benzene rings is 1. The van der Waals surface area contributed by atoms with Crippen LogP contribution in [0.1, 0.15) is 38.2 Å². The summed E-state index contributed by atoms with van der Waals surface area (Å²) in [5.74, 6) is 0. The second-order valence-corrected chi connectivity index (χ2v) is 4.56. The molecule has 0 aliphatic rings. The zero-order valence-electron chi connectivity index (χ0n) is 10.5. The first-order chi connectivity index (χ1) is 8.65. The molecule has 0 atom stereocenters. The van der Waals surface area contributed by atoms with Gasteiger partial charge in [-0.3, -0.25) is 10.1 Å². The van der Waals surface area contributed by atoms with Gasteiger partial charge in [0, 0.05) is 12.7 Å². The maximum absolute atomic E-state index is 10.7. The van der Waals surface area contributed by atoms with E-state index in [0.29, 0.717) is 13.2 Å². The summed E-state index contributed by atoms with van der Waals surface area (Å²) >= 11 is 5.73.